The van der Waals surface area contributed by atoms with Crippen molar-refractivity contribution < 1.29 is 9.13 Å². The van der Waals surface area contributed by atoms with Crippen LogP contribution in [0.1, 0.15) is 19.8 Å². The Morgan fingerprint density at radius 2 is 2.20 bits per heavy atom. The highest BCUT2D eigenvalue weighted by molar-refractivity contribution is 5.47. The predicted molar refractivity (Wildman–Crippen MR) is 80.7 cm³/mol. The van der Waals surface area contributed by atoms with E-state index in [1.165, 1.54) is 6.07 Å². The molecule has 0 amide bonds. The van der Waals surface area contributed by atoms with E-state index in [1.54, 1.807) is 6.07 Å². The zero-order chi connectivity index (χ0) is 14.4. The Kier molecular flexibility index (Phi) is 5.38. The molecule has 2 rings (SSSR count). The molecule has 1 fully saturated rings. The van der Waals surface area contributed by atoms with Gasteiger partial charge in [0.25, 0.3) is 0 Å². The number of nitrogens with zero attached hydrogens (tertiary/aromatic N) is 1. The Morgan fingerprint density at radius 1 is 1.40 bits per heavy atom. The summed E-state index contributed by atoms with van der Waals surface area (Å²) in [5.41, 5.74) is 0.765. The van der Waals surface area contributed by atoms with Gasteiger partial charge in [0.05, 0.1) is 12.3 Å². The Labute approximate surface area is 121 Å². The molecule has 4 heteroatoms. The molecule has 20 heavy (non-hydrogen) atoms. The smallest absolute Gasteiger partial charge is 0.146 e. The third kappa shape index (κ3) is 3.49. The largest absolute Gasteiger partial charge is 0.381 e. The van der Waals surface area contributed by atoms with E-state index in [0.717, 1.165) is 45.7 Å². The van der Waals surface area contributed by atoms with Crippen LogP contribution in [0, 0.1) is 11.2 Å². The first-order chi connectivity index (χ1) is 9.71. The van der Waals surface area contributed by atoms with Gasteiger partial charge in [-0.15, -0.1) is 0 Å². The molecule has 112 valence electrons. The van der Waals surface area contributed by atoms with Crippen LogP contribution in [0.15, 0.2) is 24.3 Å². The van der Waals surface area contributed by atoms with Gasteiger partial charge < -0.3 is 15.0 Å². The molecular weight excluding hydrogens is 255 g/mol. The summed E-state index contributed by atoms with van der Waals surface area (Å²) in [6, 6.07) is 7.01. The molecule has 0 bridgehead atoms. The molecule has 1 heterocycles. The SMILES string of the molecule is CCN(CC1(CNC)CCCOC1)c1ccccc1F. The van der Waals surface area contributed by atoms with Crippen molar-refractivity contribution in [3.05, 3.63) is 30.1 Å². The fourth-order valence-corrected chi connectivity index (χ4v) is 3.09. The lowest BCUT2D eigenvalue weighted by atomic mass is 9.81. The average Bonchev–Trinajstić information content (AvgIpc) is 2.47. The third-order valence-corrected chi connectivity index (χ3v) is 4.06. The first-order valence-electron chi connectivity index (χ1n) is 7.42. The Balaban J connectivity index is 2.16. The van der Waals surface area contributed by atoms with E-state index in [0.29, 0.717) is 5.69 Å². The van der Waals surface area contributed by atoms with Crippen molar-refractivity contribution >= 4 is 5.69 Å². The molecule has 3 nitrogen and oxygen atoms in total. The number of rotatable bonds is 6. The maximum Gasteiger partial charge on any atom is 0.146 e. The van der Waals surface area contributed by atoms with Crippen molar-refractivity contribution in [2.24, 2.45) is 5.41 Å². The average molecular weight is 280 g/mol. The monoisotopic (exact) mass is 280 g/mol. The minimum Gasteiger partial charge on any atom is -0.381 e. The zero-order valence-corrected chi connectivity index (χ0v) is 12.5. The van der Waals surface area contributed by atoms with Crippen molar-refractivity contribution in [3.8, 4) is 0 Å². The van der Waals surface area contributed by atoms with Gasteiger partial charge in [0.2, 0.25) is 0 Å². The number of hydrogen-bond acceptors (Lipinski definition) is 3. The van der Waals surface area contributed by atoms with E-state index in [1.807, 2.05) is 19.2 Å². The van der Waals surface area contributed by atoms with Crippen LogP contribution in [0.4, 0.5) is 10.1 Å². The van der Waals surface area contributed by atoms with Crippen molar-refractivity contribution in [2.75, 3.05) is 44.8 Å². The number of para-hydroxylation sites is 1. The zero-order valence-electron chi connectivity index (χ0n) is 12.5. The highest BCUT2D eigenvalue weighted by Gasteiger charge is 2.34. The van der Waals surface area contributed by atoms with Gasteiger partial charge in [-0.3, -0.25) is 0 Å². The Hall–Kier alpha value is -1.13. The van der Waals surface area contributed by atoms with E-state index >= 15 is 0 Å². The molecule has 0 saturated carbocycles. The second-order valence-electron chi connectivity index (χ2n) is 5.65. The fourth-order valence-electron chi connectivity index (χ4n) is 3.09. The molecule has 0 radical (unpaired) electrons. The molecule has 1 saturated heterocycles. The highest BCUT2D eigenvalue weighted by Crippen LogP contribution is 2.31. The molecule has 1 unspecified atom stereocenters. The van der Waals surface area contributed by atoms with Gasteiger partial charge in [-0.25, -0.2) is 4.39 Å². The minimum absolute atomic E-state index is 0.0747. The van der Waals surface area contributed by atoms with Crippen molar-refractivity contribution in [1.82, 2.24) is 5.32 Å². The van der Waals surface area contributed by atoms with Crippen molar-refractivity contribution in [3.63, 3.8) is 0 Å². The number of ether oxygens (including phenoxy) is 1. The molecule has 0 spiro atoms. The van der Waals surface area contributed by atoms with Crippen LogP contribution in [0.3, 0.4) is 0 Å². The molecular formula is C16H25FN2O. The minimum atomic E-state index is -0.148. The highest BCUT2D eigenvalue weighted by atomic mass is 19.1. The Morgan fingerprint density at radius 3 is 2.80 bits per heavy atom. The summed E-state index contributed by atoms with van der Waals surface area (Å²) in [4.78, 5) is 2.13. The molecule has 1 atom stereocenters. The summed E-state index contributed by atoms with van der Waals surface area (Å²) in [5, 5.41) is 3.27. The number of benzene rings is 1. The van der Waals surface area contributed by atoms with Gasteiger partial charge in [-0.2, -0.15) is 0 Å². The number of anilines is 1. The first kappa shape index (κ1) is 15.3. The van der Waals surface area contributed by atoms with E-state index in [-0.39, 0.29) is 11.2 Å². The lowest BCUT2D eigenvalue weighted by Gasteiger charge is -2.41. The van der Waals surface area contributed by atoms with Crippen LogP contribution >= 0.6 is 0 Å². The third-order valence-electron chi connectivity index (χ3n) is 4.06. The van der Waals surface area contributed by atoms with Crippen LogP contribution in [-0.4, -0.2) is 39.9 Å². The summed E-state index contributed by atoms with van der Waals surface area (Å²) in [6.45, 7) is 6.19. The van der Waals surface area contributed by atoms with Gasteiger partial charge in [-0.05, 0) is 38.9 Å². The van der Waals surface area contributed by atoms with E-state index in [2.05, 4.69) is 17.1 Å². The molecule has 1 aliphatic rings. The van der Waals surface area contributed by atoms with Crippen LogP contribution in [-0.2, 0) is 4.74 Å². The maximum absolute atomic E-state index is 14.0. The summed E-state index contributed by atoms with van der Waals surface area (Å²) < 4.78 is 19.7. The molecule has 1 aliphatic heterocycles. The summed E-state index contributed by atoms with van der Waals surface area (Å²) in [5.74, 6) is -0.148. The van der Waals surface area contributed by atoms with Crippen LogP contribution in [0.25, 0.3) is 0 Å². The summed E-state index contributed by atoms with van der Waals surface area (Å²) >= 11 is 0. The van der Waals surface area contributed by atoms with Crippen LogP contribution in [0.5, 0.6) is 0 Å². The summed E-state index contributed by atoms with van der Waals surface area (Å²) in [6.07, 6.45) is 2.20. The number of halogens is 1. The second kappa shape index (κ2) is 7.04. The quantitative estimate of drug-likeness (QED) is 0.867. The van der Waals surface area contributed by atoms with E-state index < -0.39 is 0 Å². The molecule has 1 aromatic carbocycles. The van der Waals surface area contributed by atoms with E-state index in [4.69, 9.17) is 4.74 Å². The lowest BCUT2D eigenvalue weighted by molar-refractivity contribution is -0.00229. The Bertz CT molecular complexity index is 413. The fraction of sp³-hybridized carbons (Fsp3) is 0.625. The predicted octanol–water partition coefficient (Wildman–Crippen LogP) is 2.67. The molecule has 0 aromatic heterocycles. The van der Waals surface area contributed by atoms with Crippen LogP contribution < -0.4 is 10.2 Å². The molecule has 1 N–H and O–H groups in total. The van der Waals surface area contributed by atoms with E-state index in [9.17, 15) is 4.39 Å². The maximum atomic E-state index is 14.0. The first-order valence-corrected chi connectivity index (χ1v) is 7.42. The molecule has 0 aliphatic carbocycles. The van der Waals surface area contributed by atoms with Gasteiger partial charge >= 0.3 is 0 Å². The normalized spacial score (nSPS) is 22.8. The standard InChI is InChI=1S/C16H25FN2O/c1-3-19(15-8-5-4-7-14(15)17)12-16(11-18-2)9-6-10-20-13-16/h4-5,7-8,18H,3,6,9-13H2,1-2H3. The van der Waals surface area contributed by atoms with Gasteiger partial charge in [0, 0.05) is 31.7 Å². The lowest BCUT2D eigenvalue weighted by Crippen LogP contribution is -2.48. The number of nitrogens with one attached hydrogen (secondary N) is 1. The number of hydrogen-bond donors (Lipinski definition) is 1. The van der Waals surface area contributed by atoms with Crippen LogP contribution in [0.2, 0.25) is 0 Å². The van der Waals surface area contributed by atoms with Crippen molar-refractivity contribution in [2.45, 2.75) is 19.8 Å². The topological polar surface area (TPSA) is 24.5 Å². The van der Waals surface area contributed by atoms with Gasteiger partial charge in [0.15, 0.2) is 0 Å². The van der Waals surface area contributed by atoms with Gasteiger partial charge in [-0.1, -0.05) is 12.1 Å². The second-order valence-corrected chi connectivity index (χ2v) is 5.65. The summed E-state index contributed by atoms with van der Waals surface area (Å²) in [7, 11) is 1.97. The van der Waals surface area contributed by atoms with Gasteiger partial charge in [0.1, 0.15) is 5.82 Å². The molecule has 1 aromatic rings. The van der Waals surface area contributed by atoms with Crippen molar-refractivity contribution in [1.29, 1.82) is 0 Å².